The molecule has 0 fully saturated rings. The van der Waals surface area contributed by atoms with Crippen molar-refractivity contribution in [1.82, 2.24) is 0 Å². The molecule has 2 rings (SSSR count). The van der Waals surface area contributed by atoms with Gasteiger partial charge >= 0.3 is 0 Å². The van der Waals surface area contributed by atoms with Gasteiger partial charge in [0.05, 0.1) is 5.38 Å². The maximum absolute atomic E-state index is 13.7. The van der Waals surface area contributed by atoms with E-state index in [1.165, 1.54) is 0 Å². The van der Waals surface area contributed by atoms with Crippen LogP contribution in [0.2, 0.25) is 0 Å². The van der Waals surface area contributed by atoms with Gasteiger partial charge in [-0.1, -0.05) is 23.8 Å². The van der Waals surface area contributed by atoms with Crippen LogP contribution in [0.5, 0.6) is 0 Å². The number of halogens is 4. The van der Waals surface area contributed by atoms with E-state index in [0.29, 0.717) is 17.7 Å². The molecule has 0 bridgehead atoms. The molecule has 0 radical (unpaired) electrons. The van der Waals surface area contributed by atoms with Gasteiger partial charge in [0, 0.05) is 17.7 Å². The number of alkyl halides is 1. The van der Waals surface area contributed by atoms with Gasteiger partial charge < -0.3 is 0 Å². The zero-order valence-electron chi connectivity index (χ0n) is 10.5. The molecule has 0 amide bonds. The fraction of sp³-hybridized carbons (Fsp3) is 0.200. The lowest BCUT2D eigenvalue weighted by molar-refractivity contribution is 0.526. The minimum absolute atomic E-state index is 0.322. The summed E-state index contributed by atoms with van der Waals surface area (Å²) < 4.78 is 40.3. The molecular formula is C15H12ClF3. The molecule has 0 saturated carbocycles. The van der Waals surface area contributed by atoms with E-state index in [-0.39, 0.29) is 5.56 Å². The molecular weight excluding hydrogens is 273 g/mol. The van der Waals surface area contributed by atoms with E-state index < -0.39 is 22.8 Å². The average Bonchev–Trinajstić information content (AvgIpc) is 2.30. The summed E-state index contributed by atoms with van der Waals surface area (Å²) in [5.74, 6) is -2.90. The van der Waals surface area contributed by atoms with E-state index in [4.69, 9.17) is 11.6 Å². The molecule has 1 atom stereocenters. The third kappa shape index (κ3) is 2.76. The largest absolute Gasteiger partial charge is 0.207 e. The van der Waals surface area contributed by atoms with Crippen LogP contribution in [-0.2, 0) is 0 Å². The van der Waals surface area contributed by atoms with Crippen molar-refractivity contribution in [2.24, 2.45) is 0 Å². The van der Waals surface area contributed by atoms with Crippen LogP contribution in [0.25, 0.3) is 0 Å². The number of hydrogen-bond acceptors (Lipinski definition) is 0. The monoisotopic (exact) mass is 284 g/mol. The van der Waals surface area contributed by atoms with E-state index in [9.17, 15) is 13.2 Å². The predicted octanol–water partition coefficient (Wildman–Crippen LogP) is 5.05. The third-order valence-electron chi connectivity index (χ3n) is 3.01. The smallest absolute Gasteiger partial charge is 0.134 e. The van der Waals surface area contributed by atoms with E-state index in [1.54, 1.807) is 6.07 Å². The van der Waals surface area contributed by atoms with Crippen molar-refractivity contribution in [1.29, 1.82) is 0 Å². The summed E-state index contributed by atoms with van der Waals surface area (Å²) in [6.45, 7) is 3.67. The Morgan fingerprint density at radius 3 is 2.11 bits per heavy atom. The van der Waals surface area contributed by atoms with Gasteiger partial charge in [-0.2, -0.15) is 0 Å². The summed E-state index contributed by atoms with van der Waals surface area (Å²) in [5, 5.41) is -0.986. The van der Waals surface area contributed by atoms with Crippen LogP contribution in [0.1, 0.15) is 27.6 Å². The molecule has 0 spiro atoms. The molecule has 0 saturated heterocycles. The lowest BCUT2D eigenvalue weighted by atomic mass is 9.97. The zero-order chi connectivity index (χ0) is 14.2. The number of benzene rings is 2. The highest BCUT2D eigenvalue weighted by Crippen LogP contribution is 2.35. The van der Waals surface area contributed by atoms with Crippen LogP contribution < -0.4 is 0 Å². The highest BCUT2D eigenvalue weighted by atomic mass is 35.5. The van der Waals surface area contributed by atoms with E-state index in [1.807, 2.05) is 26.0 Å². The zero-order valence-corrected chi connectivity index (χ0v) is 11.2. The molecule has 100 valence electrons. The molecule has 0 aliphatic rings. The summed E-state index contributed by atoms with van der Waals surface area (Å²) in [5.41, 5.74) is 2.06. The number of rotatable bonds is 2. The molecule has 0 nitrogen and oxygen atoms in total. The molecule has 0 aromatic heterocycles. The highest BCUT2D eigenvalue weighted by molar-refractivity contribution is 6.22. The first-order chi connectivity index (χ1) is 8.90. The molecule has 4 heteroatoms. The van der Waals surface area contributed by atoms with Gasteiger partial charge in [0.1, 0.15) is 17.5 Å². The molecule has 2 aromatic rings. The van der Waals surface area contributed by atoms with Gasteiger partial charge in [0.25, 0.3) is 0 Å². The molecule has 2 aromatic carbocycles. The Labute approximate surface area is 114 Å². The van der Waals surface area contributed by atoms with Gasteiger partial charge in [-0.25, -0.2) is 13.2 Å². The van der Waals surface area contributed by atoms with Crippen LogP contribution in [0, 0.1) is 31.3 Å². The lowest BCUT2D eigenvalue weighted by Crippen LogP contribution is -2.04. The van der Waals surface area contributed by atoms with Crippen molar-refractivity contribution in [3.05, 3.63) is 70.0 Å². The minimum Gasteiger partial charge on any atom is -0.207 e. The van der Waals surface area contributed by atoms with E-state index in [2.05, 4.69) is 0 Å². The van der Waals surface area contributed by atoms with Gasteiger partial charge in [0.2, 0.25) is 0 Å². The van der Waals surface area contributed by atoms with Crippen molar-refractivity contribution in [3.8, 4) is 0 Å². The topological polar surface area (TPSA) is 0 Å². The van der Waals surface area contributed by atoms with Crippen LogP contribution in [0.3, 0.4) is 0 Å². The second-order valence-corrected chi connectivity index (χ2v) is 4.94. The van der Waals surface area contributed by atoms with Crippen LogP contribution >= 0.6 is 11.6 Å². The summed E-state index contributed by atoms with van der Waals surface area (Å²) >= 11 is 6.17. The van der Waals surface area contributed by atoms with Crippen molar-refractivity contribution < 1.29 is 13.2 Å². The van der Waals surface area contributed by atoms with Gasteiger partial charge in [0.15, 0.2) is 0 Å². The molecule has 0 heterocycles. The Kier molecular flexibility index (Phi) is 3.85. The fourth-order valence-electron chi connectivity index (χ4n) is 1.98. The van der Waals surface area contributed by atoms with Crippen molar-refractivity contribution in [2.75, 3.05) is 0 Å². The normalized spacial score (nSPS) is 12.5. The Hall–Kier alpha value is -1.48. The SMILES string of the molecule is Cc1ccc(C)c(C(Cl)c2c(F)cc(F)cc2F)c1. The first-order valence-electron chi connectivity index (χ1n) is 5.76. The summed E-state index contributed by atoms with van der Waals surface area (Å²) in [6.07, 6.45) is 0. The van der Waals surface area contributed by atoms with Crippen molar-refractivity contribution in [3.63, 3.8) is 0 Å². The average molecular weight is 285 g/mol. The van der Waals surface area contributed by atoms with Crippen LogP contribution in [0.4, 0.5) is 13.2 Å². The lowest BCUT2D eigenvalue weighted by Gasteiger charge is -2.15. The van der Waals surface area contributed by atoms with Crippen LogP contribution in [-0.4, -0.2) is 0 Å². The first kappa shape index (κ1) is 13.9. The standard InChI is InChI=1S/C15H12ClF3/c1-8-3-4-9(2)11(5-8)15(16)14-12(18)6-10(17)7-13(14)19/h3-7,15H,1-2H3. The second-order valence-electron chi connectivity index (χ2n) is 4.51. The molecule has 1 unspecified atom stereocenters. The van der Waals surface area contributed by atoms with E-state index in [0.717, 1.165) is 11.1 Å². The van der Waals surface area contributed by atoms with E-state index >= 15 is 0 Å². The molecule has 0 N–H and O–H groups in total. The Balaban J connectivity index is 2.56. The van der Waals surface area contributed by atoms with Crippen LogP contribution in [0.15, 0.2) is 30.3 Å². The van der Waals surface area contributed by atoms with Gasteiger partial charge in [-0.3, -0.25) is 0 Å². The molecule has 19 heavy (non-hydrogen) atoms. The first-order valence-corrected chi connectivity index (χ1v) is 6.19. The van der Waals surface area contributed by atoms with Gasteiger partial charge in [-0.15, -0.1) is 11.6 Å². The fourth-order valence-corrected chi connectivity index (χ4v) is 2.43. The highest BCUT2D eigenvalue weighted by Gasteiger charge is 2.22. The van der Waals surface area contributed by atoms with Gasteiger partial charge in [-0.05, 0) is 25.0 Å². The number of aryl methyl sites for hydroxylation is 2. The Morgan fingerprint density at radius 2 is 1.53 bits per heavy atom. The predicted molar refractivity (Wildman–Crippen MR) is 69.9 cm³/mol. The van der Waals surface area contributed by atoms with Crippen molar-refractivity contribution >= 4 is 11.6 Å². The summed E-state index contributed by atoms with van der Waals surface area (Å²) in [6, 6.07) is 6.77. The number of hydrogen-bond donors (Lipinski definition) is 0. The minimum atomic E-state index is -0.986. The third-order valence-corrected chi connectivity index (χ3v) is 3.46. The quantitative estimate of drug-likeness (QED) is 0.677. The summed E-state index contributed by atoms with van der Waals surface area (Å²) in [7, 11) is 0. The molecule has 0 aliphatic heterocycles. The maximum atomic E-state index is 13.7. The summed E-state index contributed by atoms with van der Waals surface area (Å²) in [4.78, 5) is 0. The maximum Gasteiger partial charge on any atom is 0.134 e. The Morgan fingerprint density at radius 1 is 0.947 bits per heavy atom. The molecule has 0 aliphatic carbocycles. The van der Waals surface area contributed by atoms with Crippen molar-refractivity contribution in [2.45, 2.75) is 19.2 Å². The Bertz CT molecular complexity index is 600. The second kappa shape index (κ2) is 5.25.